The summed E-state index contributed by atoms with van der Waals surface area (Å²) in [5, 5.41) is 19.6. The Hall–Kier alpha value is -2.31. The molecule has 8 nitrogen and oxygen atoms in total. The van der Waals surface area contributed by atoms with Crippen LogP contribution < -0.4 is 4.72 Å². The van der Waals surface area contributed by atoms with E-state index < -0.39 is 10.0 Å². The average molecular weight is 278 g/mol. The van der Waals surface area contributed by atoms with Crippen molar-refractivity contribution in [3.05, 3.63) is 35.7 Å². The molecule has 1 aromatic heterocycles. The van der Waals surface area contributed by atoms with Gasteiger partial charge in [0.25, 0.3) is 0 Å². The lowest BCUT2D eigenvalue weighted by molar-refractivity contribution is 0.575. The second-order valence-corrected chi connectivity index (χ2v) is 5.39. The van der Waals surface area contributed by atoms with Crippen LogP contribution in [0.4, 0.5) is 0 Å². The maximum atomic E-state index is 12.1. The fraction of sp³-hybridized carbons (Fsp3) is 0.200. The van der Waals surface area contributed by atoms with E-state index in [0.29, 0.717) is 5.82 Å². The van der Waals surface area contributed by atoms with E-state index in [1.807, 2.05) is 6.07 Å². The summed E-state index contributed by atoms with van der Waals surface area (Å²) in [5.74, 6) is 0.373. The van der Waals surface area contributed by atoms with Gasteiger partial charge in [0.2, 0.25) is 10.0 Å². The second-order valence-electron chi connectivity index (χ2n) is 3.65. The van der Waals surface area contributed by atoms with E-state index in [4.69, 9.17) is 5.26 Å². The van der Waals surface area contributed by atoms with Crippen molar-refractivity contribution in [1.29, 1.82) is 5.26 Å². The molecular weight excluding hydrogens is 268 g/mol. The number of sulfonamides is 1. The first-order valence-electron chi connectivity index (χ1n) is 5.24. The zero-order valence-corrected chi connectivity index (χ0v) is 10.8. The van der Waals surface area contributed by atoms with Crippen LogP contribution in [0, 0.1) is 11.3 Å². The van der Waals surface area contributed by atoms with Crippen molar-refractivity contribution in [1.82, 2.24) is 24.9 Å². The van der Waals surface area contributed by atoms with Crippen LogP contribution in [0.1, 0.15) is 11.4 Å². The van der Waals surface area contributed by atoms with Crippen LogP contribution in [-0.2, 0) is 23.6 Å². The normalized spacial score (nSPS) is 11.2. The number of rotatable bonds is 4. The smallest absolute Gasteiger partial charge is 0.231 e. The van der Waals surface area contributed by atoms with Crippen LogP contribution in [0.5, 0.6) is 0 Å². The standard InChI is InChI=1S/C10H10N6O2S/c1-16-10(13-14-15-16)7-12-19(17,18)9-5-3-2-4-8(9)6-11/h2-5,12H,7H2,1H3. The maximum absolute atomic E-state index is 12.1. The van der Waals surface area contributed by atoms with Crippen molar-refractivity contribution >= 4 is 10.0 Å². The molecule has 0 fully saturated rings. The molecule has 0 saturated carbocycles. The predicted octanol–water partition coefficient (Wildman–Crippen LogP) is -0.440. The minimum Gasteiger partial charge on any atom is -0.231 e. The lowest BCUT2D eigenvalue weighted by Crippen LogP contribution is -2.25. The number of benzene rings is 1. The highest BCUT2D eigenvalue weighted by Gasteiger charge is 2.18. The summed E-state index contributed by atoms with van der Waals surface area (Å²) in [6.07, 6.45) is 0. The van der Waals surface area contributed by atoms with Crippen molar-refractivity contribution in [2.45, 2.75) is 11.4 Å². The molecule has 0 aliphatic carbocycles. The third kappa shape index (κ3) is 2.75. The lowest BCUT2D eigenvalue weighted by Gasteiger charge is -2.06. The topological polar surface area (TPSA) is 114 Å². The number of nitrogens with one attached hydrogen (secondary N) is 1. The third-order valence-corrected chi connectivity index (χ3v) is 3.88. The van der Waals surface area contributed by atoms with Gasteiger partial charge in [-0.25, -0.2) is 17.8 Å². The Bertz CT molecular complexity index is 730. The van der Waals surface area contributed by atoms with Crippen molar-refractivity contribution in [3.63, 3.8) is 0 Å². The molecule has 1 heterocycles. The van der Waals surface area contributed by atoms with E-state index in [1.54, 1.807) is 19.2 Å². The number of aryl methyl sites for hydroxylation is 1. The molecule has 0 atom stereocenters. The molecular formula is C10H10N6O2S. The zero-order valence-electron chi connectivity index (χ0n) is 9.98. The molecule has 0 saturated heterocycles. The largest absolute Gasteiger partial charge is 0.242 e. The first-order chi connectivity index (χ1) is 9.04. The van der Waals surface area contributed by atoms with Crippen molar-refractivity contribution in [3.8, 4) is 6.07 Å². The minimum atomic E-state index is -3.78. The lowest BCUT2D eigenvalue weighted by atomic mass is 10.2. The highest BCUT2D eigenvalue weighted by atomic mass is 32.2. The van der Waals surface area contributed by atoms with Gasteiger partial charge in [0, 0.05) is 7.05 Å². The summed E-state index contributed by atoms with van der Waals surface area (Å²) in [5.41, 5.74) is 0.0890. The summed E-state index contributed by atoms with van der Waals surface area (Å²) in [6, 6.07) is 7.81. The molecule has 0 aliphatic rings. The van der Waals surface area contributed by atoms with Crippen molar-refractivity contribution < 1.29 is 8.42 Å². The molecule has 2 aromatic rings. The second kappa shape index (κ2) is 5.13. The Morgan fingerprint density at radius 3 is 2.79 bits per heavy atom. The van der Waals surface area contributed by atoms with E-state index >= 15 is 0 Å². The summed E-state index contributed by atoms with van der Waals surface area (Å²) in [4.78, 5) is -0.0624. The summed E-state index contributed by atoms with van der Waals surface area (Å²) in [7, 11) is -2.17. The Morgan fingerprint density at radius 1 is 1.42 bits per heavy atom. The quantitative estimate of drug-likeness (QED) is 0.811. The number of hydrogen-bond donors (Lipinski definition) is 1. The van der Waals surface area contributed by atoms with Crippen LogP contribution >= 0.6 is 0 Å². The minimum absolute atomic E-state index is 0.0500. The van der Waals surface area contributed by atoms with Gasteiger partial charge < -0.3 is 0 Å². The molecule has 0 unspecified atom stereocenters. The van der Waals surface area contributed by atoms with Gasteiger partial charge in [-0.2, -0.15) is 5.26 Å². The molecule has 0 bridgehead atoms. The van der Waals surface area contributed by atoms with Gasteiger partial charge in [-0.1, -0.05) is 12.1 Å². The van der Waals surface area contributed by atoms with Crippen LogP contribution in [0.15, 0.2) is 29.2 Å². The maximum Gasteiger partial charge on any atom is 0.242 e. The first-order valence-corrected chi connectivity index (χ1v) is 6.73. The Labute approximate surface area is 109 Å². The average Bonchev–Trinajstić information content (AvgIpc) is 2.82. The summed E-state index contributed by atoms with van der Waals surface area (Å²) >= 11 is 0. The van der Waals surface area contributed by atoms with E-state index in [0.717, 1.165) is 0 Å². The van der Waals surface area contributed by atoms with Crippen LogP contribution in [0.25, 0.3) is 0 Å². The van der Waals surface area contributed by atoms with Crippen molar-refractivity contribution in [2.75, 3.05) is 0 Å². The summed E-state index contributed by atoms with van der Waals surface area (Å²) in [6.45, 7) is -0.0500. The molecule has 1 N–H and O–H groups in total. The SMILES string of the molecule is Cn1nnnc1CNS(=O)(=O)c1ccccc1C#N. The van der Waals surface area contributed by atoms with Crippen LogP contribution in [0.3, 0.4) is 0 Å². The van der Waals surface area contributed by atoms with Gasteiger partial charge in [-0.05, 0) is 22.6 Å². The van der Waals surface area contributed by atoms with Crippen molar-refractivity contribution in [2.24, 2.45) is 7.05 Å². The zero-order chi connectivity index (χ0) is 13.9. The third-order valence-electron chi connectivity index (χ3n) is 2.43. The monoisotopic (exact) mass is 278 g/mol. The van der Waals surface area contributed by atoms with E-state index in [-0.39, 0.29) is 17.0 Å². The van der Waals surface area contributed by atoms with E-state index in [9.17, 15) is 8.42 Å². The Balaban J connectivity index is 2.24. The van der Waals surface area contributed by atoms with Gasteiger partial charge in [-0.15, -0.1) is 5.10 Å². The van der Waals surface area contributed by atoms with Crippen LogP contribution in [0.2, 0.25) is 0 Å². The number of hydrogen-bond acceptors (Lipinski definition) is 6. The van der Waals surface area contributed by atoms with E-state index in [1.165, 1.54) is 16.8 Å². The highest BCUT2D eigenvalue weighted by molar-refractivity contribution is 7.89. The van der Waals surface area contributed by atoms with E-state index in [2.05, 4.69) is 20.2 Å². The number of tetrazole rings is 1. The molecule has 2 rings (SSSR count). The molecule has 98 valence electrons. The van der Waals surface area contributed by atoms with Gasteiger partial charge in [0.1, 0.15) is 6.07 Å². The number of nitrogens with zero attached hydrogens (tertiary/aromatic N) is 5. The Morgan fingerprint density at radius 2 is 2.16 bits per heavy atom. The molecule has 9 heteroatoms. The van der Waals surface area contributed by atoms with Crippen LogP contribution in [-0.4, -0.2) is 28.6 Å². The van der Waals surface area contributed by atoms with Gasteiger partial charge >= 0.3 is 0 Å². The Kier molecular flexibility index (Phi) is 3.55. The van der Waals surface area contributed by atoms with Gasteiger partial charge in [0.15, 0.2) is 5.82 Å². The fourth-order valence-corrected chi connectivity index (χ4v) is 2.56. The first kappa shape index (κ1) is 13.1. The van der Waals surface area contributed by atoms with Gasteiger partial charge in [0.05, 0.1) is 17.0 Å². The number of nitriles is 1. The molecule has 1 aromatic carbocycles. The van der Waals surface area contributed by atoms with Gasteiger partial charge in [-0.3, -0.25) is 0 Å². The molecule has 19 heavy (non-hydrogen) atoms. The summed E-state index contributed by atoms with van der Waals surface area (Å²) < 4.78 is 27.9. The highest BCUT2D eigenvalue weighted by Crippen LogP contribution is 2.14. The molecule has 0 amide bonds. The molecule has 0 spiro atoms. The predicted molar refractivity (Wildman–Crippen MR) is 64.0 cm³/mol. The molecule has 0 radical (unpaired) electrons. The molecule has 0 aliphatic heterocycles. The number of aromatic nitrogens is 4. The fourth-order valence-electron chi connectivity index (χ4n) is 1.43.